The number of rotatable bonds is 8. The zero-order chi connectivity index (χ0) is 32.1. The van der Waals surface area contributed by atoms with Crippen LogP contribution < -0.4 is 10.6 Å². The molecule has 3 rings (SSSR count). The molecule has 3 N–H and O–H groups in total. The predicted octanol–water partition coefficient (Wildman–Crippen LogP) is 5.72. The second-order valence-corrected chi connectivity index (χ2v) is 12.0. The van der Waals surface area contributed by atoms with Gasteiger partial charge < -0.3 is 20.6 Å². The third kappa shape index (κ3) is 7.53. The first kappa shape index (κ1) is 33.2. The minimum Gasteiger partial charge on any atom is -0.389 e. The van der Waals surface area contributed by atoms with Crippen molar-refractivity contribution in [3.63, 3.8) is 0 Å². The summed E-state index contributed by atoms with van der Waals surface area (Å²) in [5.41, 5.74) is -6.99. The van der Waals surface area contributed by atoms with Crippen LogP contribution in [0.4, 0.5) is 40.9 Å². The molecule has 2 amide bonds. The molecule has 1 aliphatic rings. The lowest BCUT2D eigenvalue weighted by Gasteiger charge is -2.28. The highest BCUT2D eigenvalue weighted by atomic mass is 32.1. The third-order valence-electron chi connectivity index (χ3n) is 6.12. The number of nitrogens with zero attached hydrogens (tertiary/aromatic N) is 3. The van der Waals surface area contributed by atoms with Crippen molar-refractivity contribution in [3.8, 4) is 10.4 Å². The van der Waals surface area contributed by atoms with E-state index in [-0.39, 0.29) is 12.2 Å². The number of aliphatic hydroxyl groups is 1. The first-order chi connectivity index (χ1) is 18.9. The zero-order valence-electron chi connectivity index (χ0n) is 22.7. The van der Waals surface area contributed by atoms with E-state index in [0.29, 0.717) is 28.5 Å². The number of alkyl halides is 8. The van der Waals surface area contributed by atoms with Gasteiger partial charge in [-0.3, -0.25) is 9.59 Å². The molecule has 0 bridgehead atoms. The van der Waals surface area contributed by atoms with Crippen LogP contribution in [-0.2, 0) is 6.18 Å². The van der Waals surface area contributed by atoms with Gasteiger partial charge in [0.05, 0.1) is 34.4 Å². The molecule has 17 heteroatoms. The van der Waals surface area contributed by atoms with Crippen LogP contribution in [0.1, 0.15) is 60.0 Å². The summed E-state index contributed by atoms with van der Waals surface area (Å²) in [7, 11) is 0. The number of hydrogen-bond donors (Lipinski definition) is 3. The van der Waals surface area contributed by atoms with Crippen molar-refractivity contribution in [1.82, 2.24) is 20.2 Å². The van der Waals surface area contributed by atoms with Crippen LogP contribution in [0.25, 0.3) is 10.4 Å². The average Bonchev–Trinajstić information content (AvgIpc) is 3.39. The second-order valence-electron chi connectivity index (χ2n) is 11.0. The molecule has 3 heterocycles. The highest BCUT2D eigenvalue weighted by molar-refractivity contribution is 7.17. The highest BCUT2D eigenvalue weighted by Gasteiger charge is 2.47. The Balaban J connectivity index is 2.12. The van der Waals surface area contributed by atoms with E-state index in [9.17, 15) is 49.8 Å². The monoisotopic (exact) mass is 629 g/mol. The Morgan fingerprint density at radius 2 is 1.74 bits per heavy atom. The molecule has 0 saturated carbocycles. The fourth-order valence-electron chi connectivity index (χ4n) is 3.63. The van der Waals surface area contributed by atoms with E-state index in [1.54, 1.807) is 0 Å². The molecule has 2 aromatic heterocycles. The van der Waals surface area contributed by atoms with E-state index in [1.165, 1.54) is 13.8 Å². The Morgan fingerprint density at radius 1 is 1.12 bits per heavy atom. The Kier molecular flexibility index (Phi) is 8.73. The van der Waals surface area contributed by atoms with Gasteiger partial charge in [0.2, 0.25) is 0 Å². The van der Waals surface area contributed by atoms with Crippen molar-refractivity contribution in [1.29, 1.82) is 0 Å². The molecule has 1 saturated heterocycles. The minimum absolute atomic E-state index is 0.302. The smallest absolute Gasteiger partial charge is 0.389 e. The summed E-state index contributed by atoms with van der Waals surface area (Å²) in [5.74, 6) is -6.13. The number of pyridine rings is 1. The van der Waals surface area contributed by atoms with E-state index in [4.69, 9.17) is 0 Å². The van der Waals surface area contributed by atoms with E-state index in [0.717, 1.165) is 13.8 Å². The molecule has 2 aromatic rings. The Bertz CT molecular complexity index is 1380. The summed E-state index contributed by atoms with van der Waals surface area (Å²) in [6, 6.07) is 0.437. The van der Waals surface area contributed by atoms with Crippen LogP contribution in [0.5, 0.6) is 0 Å². The molecular weight excluding hydrogens is 602 g/mol. The van der Waals surface area contributed by atoms with Crippen molar-refractivity contribution in [3.05, 3.63) is 40.8 Å². The van der Waals surface area contributed by atoms with Crippen LogP contribution in [0.2, 0.25) is 0 Å². The first-order valence-corrected chi connectivity index (χ1v) is 13.0. The summed E-state index contributed by atoms with van der Waals surface area (Å²) < 4.78 is 110. The number of likely N-dealkylation sites (tertiary alicyclic amines) is 1. The van der Waals surface area contributed by atoms with Gasteiger partial charge in [-0.1, -0.05) is 6.58 Å². The Morgan fingerprint density at radius 3 is 2.24 bits per heavy atom. The number of anilines is 1. The fraction of sp³-hybridized carbons (Fsp3) is 0.520. The largest absolute Gasteiger partial charge is 0.417 e. The van der Waals surface area contributed by atoms with Gasteiger partial charge in [-0.25, -0.2) is 18.7 Å². The van der Waals surface area contributed by atoms with Crippen molar-refractivity contribution in [2.24, 2.45) is 5.41 Å². The lowest BCUT2D eigenvalue weighted by molar-refractivity contribution is -0.206. The van der Waals surface area contributed by atoms with Crippen molar-refractivity contribution >= 4 is 29.0 Å². The van der Waals surface area contributed by atoms with Crippen LogP contribution in [-0.4, -0.2) is 69.1 Å². The molecule has 232 valence electrons. The zero-order valence-corrected chi connectivity index (χ0v) is 23.5. The van der Waals surface area contributed by atoms with Gasteiger partial charge in [0.1, 0.15) is 11.5 Å². The van der Waals surface area contributed by atoms with E-state index >= 15 is 0 Å². The number of hydrogen-bond acceptors (Lipinski definition) is 7. The molecule has 0 spiro atoms. The molecule has 42 heavy (non-hydrogen) atoms. The quantitative estimate of drug-likeness (QED) is 0.323. The number of thiazole rings is 1. The maximum atomic E-state index is 14.2. The van der Waals surface area contributed by atoms with Gasteiger partial charge in [-0.05, 0) is 33.8 Å². The van der Waals surface area contributed by atoms with Crippen molar-refractivity contribution in [2.45, 2.75) is 58.0 Å². The maximum absolute atomic E-state index is 14.2. The molecule has 0 aliphatic carbocycles. The van der Waals surface area contributed by atoms with Gasteiger partial charge in [-0.2, -0.15) is 26.3 Å². The molecule has 0 unspecified atom stereocenters. The molecule has 0 atom stereocenters. The highest BCUT2D eigenvalue weighted by Crippen LogP contribution is 2.43. The predicted molar refractivity (Wildman–Crippen MR) is 137 cm³/mol. The van der Waals surface area contributed by atoms with Crippen LogP contribution in [0, 0.1) is 5.41 Å². The number of carbonyl (C=O) groups excluding carboxylic acids is 2. The third-order valence-corrected chi connectivity index (χ3v) is 7.20. The standard InChI is InChI=1S/C25H27F8N5O3S/c1-12-7-23(26,27)11-38(12)20(40)16-17(42-19(37-16)18(39)36-10-22(4,5)41)13-8-34-15(6-14(13)24(28,29)30)35-9-21(2,3)25(31,32)33/h6,8,41H,1,7,9-11H2,2-5H3,(H,34,35)(H,36,39). The minimum atomic E-state index is -5.13. The summed E-state index contributed by atoms with van der Waals surface area (Å²) in [4.78, 5) is 33.7. The number of allylic oxidation sites excluding steroid dienone is 1. The first-order valence-electron chi connectivity index (χ1n) is 12.2. The number of carbonyl (C=O) groups is 2. The van der Waals surface area contributed by atoms with Gasteiger partial charge in [0.25, 0.3) is 17.7 Å². The van der Waals surface area contributed by atoms with E-state index in [1.807, 2.05) is 0 Å². The van der Waals surface area contributed by atoms with E-state index < -0.39 is 93.1 Å². The molecule has 1 fully saturated rings. The number of nitrogens with one attached hydrogen (secondary N) is 2. The molecule has 1 aliphatic heterocycles. The van der Waals surface area contributed by atoms with Crippen LogP contribution in [0.3, 0.4) is 0 Å². The number of halogens is 8. The summed E-state index contributed by atoms with van der Waals surface area (Å²) >= 11 is 0.338. The fourth-order valence-corrected chi connectivity index (χ4v) is 4.63. The maximum Gasteiger partial charge on any atom is 0.417 e. The molecule has 8 nitrogen and oxygen atoms in total. The van der Waals surface area contributed by atoms with E-state index in [2.05, 4.69) is 27.2 Å². The summed E-state index contributed by atoms with van der Waals surface area (Å²) in [5, 5.41) is 13.9. The lowest BCUT2D eigenvalue weighted by atomic mass is 9.93. The molecule has 0 aromatic carbocycles. The SMILES string of the molecule is C=C1CC(F)(F)CN1C(=O)c1nc(C(=O)NCC(C)(C)O)sc1-c1cnc(NCC(C)(C)C(F)(F)F)cc1C(F)(F)F. The molecule has 0 radical (unpaired) electrons. The van der Waals surface area contributed by atoms with Crippen molar-refractivity contribution in [2.75, 3.05) is 25.0 Å². The van der Waals surface area contributed by atoms with Crippen LogP contribution in [0.15, 0.2) is 24.5 Å². The molecular formula is C25H27F8N5O3S. The average molecular weight is 630 g/mol. The number of aromatic nitrogens is 2. The topological polar surface area (TPSA) is 107 Å². The van der Waals surface area contributed by atoms with Gasteiger partial charge in [-0.15, -0.1) is 11.3 Å². The van der Waals surface area contributed by atoms with Gasteiger partial charge in [0.15, 0.2) is 5.01 Å². The Hall–Kier alpha value is -3.34. The van der Waals surface area contributed by atoms with Gasteiger partial charge in [0, 0.05) is 30.5 Å². The summed E-state index contributed by atoms with van der Waals surface area (Å²) in [6.45, 7) is 5.58. The van der Waals surface area contributed by atoms with Gasteiger partial charge >= 0.3 is 12.4 Å². The second kappa shape index (κ2) is 11.1. The normalized spacial score (nSPS) is 16.1. The number of amides is 2. The lowest BCUT2D eigenvalue weighted by Crippen LogP contribution is -2.38. The summed E-state index contributed by atoms with van der Waals surface area (Å²) in [6.07, 6.45) is -10.1. The van der Waals surface area contributed by atoms with Crippen LogP contribution >= 0.6 is 11.3 Å². The Labute approximate surface area is 238 Å². The van der Waals surface area contributed by atoms with Crippen molar-refractivity contribution < 1.29 is 49.8 Å².